The number of nitro groups is 1. The maximum atomic E-state index is 12.7. The van der Waals surface area contributed by atoms with Crippen LogP contribution in [0.25, 0.3) is 0 Å². The zero-order valence-electron chi connectivity index (χ0n) is 13.7. The number of nitrogens with zero attached hydrogens (tertiary/aromatic N) is 2. The van der Waals surface area contributed by atoms with Crippen molar-refractivity contribution in [3.05, 3.63) is 76.0 Å². The van der Waals surface area contributed by atoms with Crippen LogP contribution in [-0.2, 0) is 4.79 Å². The van der Waals surface area contributed by atoms with E-state index in [0.29, 0.717) is 35.5 Å². The number of hydrogen-bond donors (Lipinski definition) is 2. The molecule has 0 aliphatic carbocycles. The van der Waals surface area contributed by atoms with Crippen molar-refractivity contribution in [2.24, 2.45) is 0 Å². The van der Waals surface area contributed by atoms with Gasteiger partial charge in [-0.3, -0.25) is 19.7 Å². The summed E-state index contributed by atoms with van der Waals surface area (Å²) in [6.07, 6.45) is 2.67. The lowest BCUT2D eigenvalue weighted by molar-refractivity contribution is -0.384. The molecular weight excluding hydrogens is 336 g/mol. The number of para-hydroxylation sites is 1. The first-order chi connectivity index (χ1) is 12.6. The van der Waals surface area contributed by atoms with Crippen molar-refractivity contribution < 1.29 is 14.5 Å². The minimum absolute atomic E-state index is 0.00147. The monoisotopic (exact) mass is 352 g/mol. The van der Waals surface area contributed by atoms with Crippen LogP contribution in [0.1, 0.15) is 16.8 Å². The van der Waals surface area contributed by atoms with Crippen molar-refractivity contribution in [2.45, 2.75) is 6.42 Å². The molecule has 1 aliphatic rings. The molecule has 0 bridgehead atoms. The van der Waals surface area contributed by atoms with Crippen LogP contribution in [-0.4, -0.2) is 23.7 Å². The molecule has 2 aromatic rings. The second-order valence-electron chi connectivity index (χ2n) is 5.64. The Balaban J connectivity index is 1.74. The normalized spacial score (nSPS) is 15.2. The first-order valence-corrected chi connectivity index (χ1v) is 7.91. The Hall–Kier alpha value is -3.68. The van der Waals surface area contributed by atoms with Crippen molar-refractivity contribution in [1.82, 2.24) is 5.43 Å². The lowest BCUT2D eigenvalue weighted by Gasteiger charge is -2.15. The van der Waals surface area contributed by atoms with Crippen LogP contribution in [0.15, 0.2) is 60.3 Å². The number of ketones is 1. The Morgan fingerprint density at radius 1 is 1.12 bits per heavy atom. The van der Waals surface area contributed by atoms with Crippen LogP contribution >= 0.6 is 0 Å². The summed E-state index contributed by atoms with van der Waals surface area (Å²) in [5.74, 6) is -0.150. The number of hydrazine groups is 1. The number of Topliss-reactive ketones (excluding diaryl/α,β-unsaturated/α-hetero) is 1. The molecule has 0 atom stereocenters. The molecule has 8 heteroatoms. The number of carbonyl (C=O) groups is 2. The second-order valence-corrected chi connectivity index (χ2v) is 5.64. The molecule has 1 aliphatic heterocycles. The molecular formula is C18H16N4O4. The van der Waals surface area contributed by atoms with Crippen molar-refractivity contribution in [2.75, 3.05) is 16.9 Å². The smallest absolute Gasteiger partial charge is 0.269 e. The molecule has 0 fully saturated rings. The zero-order valence-corrected chi connectivity index (χ0v) is 13.7. The molecule has 0 unspecified atom stereocenters. The van der Waals surface area contributed by atoms with Crippen LogP contribution in [0.4, 0.5) is 17.1 Å². The predicted molar refractivity (Wildman–Crippen MR) is 96.7 cm³/mol. The molecule has 1 amide bonds. The van der Waals surface area contributed by atoms with E-state index in [-0.39, 0.29) is 11.5 Å². The molecule has 26 heavy (non-hydrogen) atoms. The third kappa shape index (κ3) is 3.54. The van der Waals surface area contributed by atoms with E-state index < -0.39 is 4.92 Å². The lowest BCUT2D eigenvalue weighted by atomic mass is 10.0. The Kier molecular flexibility index (Phi) is 4.93. The summed E-state index contributed by atoms with van der Waals surface area (Å²) in [6, 6.07) is 12.9. The highest BCUT2D eigenvalue weighted by atomic mass is 16.6. The van der Waals surface area contributed by atoms with E-state index in [1.165, 1.54) is 17.0 Å². The Morgan fingerprint density at radius 3 is 2.54 bits per heavy atom. The molecule has 0 saturated carbocycles. The predicted octanol–water partition coefficient (Wildman–Crippen LogP) is 2.64. The minimum Gasteiger partial charge on any atom is -0.314 e. The van der Waals surface area contributed by atoms with Crippen LogP contribution in [0.2, 0.25) is 0 Å². The number of rotatable bonds is 5. The number of non-ortho nitro benzene ring substituents is 1. The summed E-state index contributed by atoms with van der Waals surface area (Å²) in [5, 5.41) is 10.6. The summed E-state index contributed by atoms with van der Waals surface area (Å²) in [4.78, 5) is 35.7. The quantitative estimate of drug-likeness (QED) is 0.371. The van der Waals surface area contributed by atoms with Crippen molar-refractivity contribution in [3.63, 3.8) is 0 Å². The van der Waals surface area contributed by atoms with Gasteiger partial charge in [0.15, 0.2) is 5.78 Å². The molecule has 2 aromatic carbocycles. The van der Waals surface area contributed by atoms with E-state index in [9.17, 15) is 19.7 Å². The number of fused-ring (bicyclic) bond motifs is 1. The summed E-state index contributed by atoms with van der Waals surface area (Å²) in [6.45, 7) is 0.400. The third-order valence-corrected chi connectivity index (χ3v) is 4.04. The third-order valence-electron chi connectivity index (χ3n) is 4.04. The standard InChI is InChI=1S/C18H16N4O4/c23-12-21-10-9-13(18(24)16-3-1-2-4-17(16)21)11-19-20-14-5-7-15(8-6-14)22(25)26/h1-8,11-12,19-20H,9-10H2/b13-11+. The van der Waals surface area contributed by atoms with Gasteiger partial charge < -0.3 is 15.8 Å². The fourth-order valence-corrected chi connectivity index (χ4v) is 2.68. The van der Waals surface area contributed by atoms with E-state index >= 15 is 0 Å². The Morgan fingerprint density at radius 2 is 1.85 bits per heavy atom. The topological polar surface area (TPSA) is 105 Å². The number of amides is 1. The summed E-state index contributed by atoms with van der Waals surface area (Å²) in [5.41, 5.74) is 7.90. The van der Waals surface area contributed by atoms with Gasteiger partial charge >= 0.3 is 0 Å². The van der Waals surface area contributed by atoms with E-state index in [1.54, 1.807) is 42.6 Å². The number of benzene rings is 2. The highest BCUT2D eigenvalue weighted by molar-refractivity contribution is 6.13. The van der Waals surface area contributed by atoms with Gasteiger partial charge in [-0.15, -0.1) is 0 Å². The first-order valence-electron chi connectivity index (χ1n) is 7.91. The molecule has 1 heterocycles. The van der Waals surface area contributed by atoms with Gasteiger partial charge in [0.05, 0.1) is 16.3 Å². The van der Waals surface area contributed by atoms with Crippen LogP contribution in [0, 0.1) is 10.1 Å². The molecule has 8 nitrogen and oxygen atoms in total. The van der Waals surface area contributed by atoms with Crippen LogP contribution in [0.5, 0.6) is 0 Å². The Bertz CT molecular complexity index is 877. The first kappa shape index (κ1) is 17.2. The van der Waals surface area contributed by atoms with Gasteiger partial charge in [0.25, 0.3) is 5.69 Å². The van der Waals surface area contributed by atoms with Crippen molar-refractivity contribution in [3.8, 4) is 0 Å². The van der Waals surface area contributed by atoms with Gasteiger partial charge in [-0.1, -0.05) is 12.1 Å². The fourth-order valence-electron chi connectivity index (χ4n) is 2.68. The summed E-state index contributed by atoms with van der Waals surface area (Å²) in [7, 11) is 0. The average molecular weight is 352 g/mol. The number of anilines is 2. The largest absolute Gasteiger partial charge is 0.314 e. The van der Waals surface area contributed by atoms with Gasteiger partial charge in [-0.25, -0.2) is 0 Å². The fraction of sp³-hybridized carbons (Fsp3) is 0.111. The molecule has 0 spiro atoms. The van der Waals surface area contributed by atoms with Crippen molar-refractivity contribution >= 4 is 29.3 Å². The van der Waals surface area contributed by atoms with Gasteiger partial charge in [0, 0.05) is 36.0 Å². The number of nitro benzene ring substituents is 1. The average Bonchev–Trinajstić information content (AvgIpc) is 2.79. The highest BCUT2D eigenvalue weighted by Gasteiger charge is 2.23. The zero-order chi connectivity index (χ0) is 18.5. The molecule has 132 valence electrons. The SMILES string of the molecule is O=CN1CC/C(=C\NNc2ccc([N+](=O)[O-])cc2)C(=O)c2ccccc21. The summed E-state index contributed by atoms with van der Waals surface area (Å²) >= 11 is 0. The van der Waals surface area contributed by atoms with Crippen LogP contribution < -0.4 is 15.8 Å². The Labute approximate surface area is 149 Å². The maximum absolute atomic E-state index is 12.7. The molecule has 0 saturated heterocycles. The number of nitrogens with one attached hydrogen (secondary N) is 2. The van der Waals surface area contributed by atoms with Crippen LogP contribution in [0.3, 0.4) is 0 Å². The maximum Gasteiger partial charge on any atom is 0.269 e. The van der Waals surface area contributed by atoms with Crippen molar-refractivity contribution in [1.29, 1.82) is 0 Å². The molecule has 3 rings (SSSR count). The molecule has 0 radical (unpaired) electrons. The summed E-state index contributed by atoms with van der Waals surface area (Å²) < 4.78 is 0. The second kappa shape index (κ2) is 7.47. The number of hydrogen-bond acceptors (Lipinski definition) is 6. The minimum atomic E-state index is -0.473. The van der Waals surface area contributed by atoms with Gasteiger partial charge in [-0.05, 0) is 30.7 Å². The van der Waals surface area contributed by atoms with E-state index in [0.717, 1.165) is 6.41 Å². The van der Waals surface area contributed by atoms with E-state index in [2.05, 4.69) is 10.9 Å². The van der Waals surface area contributed by atoms with E-state index in [4.69, 9.17) is 0 Å². The molecule has 2 N–H and O–H groups in total. The van der Waals surface area contributed by atoms with Gasteiger partial charge in [0.1, 0.15) is 0 Å². The van der Waals surface area contributed by atoms with E-state index in [1.807, 2.05) is 0 Å². The highest BCUT2D eigenvalue weighted by Crippen LogP contribution is 2.27. The number of carbonyl (C=O) groups excluding carboxylic acids is 2. The lowest BCUT2D eigenvalue weighted by Crippen LogP contribution is -2.22. The van der Waals surface area contributed by atoms with Gasteiger partial charge in [-0.2, -0.15) is 0 Å². The van der Waals surface area contributed by atoms with Gasteiger partial charge in [0.2, 0.25) is 6.41 Å². The molecule has 0 aromatic heterocycles.